The summed E-state index contributed by atoms with van der Waals surface area (Å²) in [4.78, 5) is 18.2. The molecule has 0 aliphatic carbocycles. The Morgan fingerprint density at radius 1 is 1.35 bits per heavy atom. The molecule has 0 spiro atoms. The van der Waals surface area contributed by atoms with E-state index in [4.69, 9.17) is 4.74 Å². The molecule has 1 aromatic carbocycles. The molecule has 23 heavy (non-hydrogen) atoms. The molecule has 0 radical (unpaired) electrons. The first-order valence-corrected chi connectivity index (χ1v) is 7.95. The van der Waals surface area contributed by atoms with Crippen LogP contribution in [-0.2, 0) is 4.79 Å². The summed E-state index contributed by atoms with van der Waals surface area (Å²) in [6.45, 7) is 5.62. The van der Waals surface area contributed by atoms with Gasteiger partial charge in [0.05, 0.1) is 6.04 Å². The Balaban J connectivity index is 1.56. The molecule has 1 unspecified atom stereocenters. The van der Waals surface area contributed by atoms with E-state index in [1.54, 1.807) is 6.33 Å². The number of hydrogen-bond donors (Lipinski definition) is 0. The predicted octanol–water partition coefficient (Wildman–Crippen LogP) is 2.14. The zero-order valence-electron chi connectivity index (χ0n) is 13.6. The lowest BCUT2D eigenvalue weighted by atomic mass is 10.1. The topological polar surface area (TPSA) is 60.2 Å². The summed E-state index contributed by atoms with van der Waals surface area (Å²) in [5.74, 6) is 0.763. The van der Waals surface area contributed by atoms with Gasteiger partial charge >= 0.3 is 0 Å². The largest absolute Gasteiger partial charge is 0.484 e. The van der Waals surface area contributed by atoms with Crippen molar-refractivity contribution in [2.75, 3.05) is 19.7 Å². The molecule has 6 heteroatoms. The number of aryl methyl sites for hydroxylation is 2. The number of nitrogens with zero attached hydrogens (tertiary/aromatic N) is 4. The Morgan fingerprint density at radius 2 is 2.22 bits per heavy atom. The van der Waals surface area contributed by atoms with Crippen LogP contribution in [0.3, 0.4) is 0 Å². The number of carbonyl (C=O) groups is 1. The van der Waals surface area contributed by atoms with E-state index in [0.717, 1.165) is 25.1 Å². The highest BCUT2D eigenvalue weighted by molar-refractivity contribution is 5.77. The molecule has 1 aliphatic rings. The van der Waals surface area contributed by atoms with Crippen LogP contribution in [0.4, 0.5) is 0 Å². The van der Waals surface area contributed by atoms with Gasteiger partial charge in [-0.25, -0.2) is 9.67 Å². The summed E-state index contributed by atoms with van der Waals surface area (Å²) in [5.41, 5.74) is 2.38. The van der Waals surface area contributed by atoms with Crippen molar-refractivity contribution < 1.29 is 9.53 Å². The van der Waals surface area contributed by atoms with Crippen LogP contribution in [0.1, 0.15) is 30.0 Å². The number of ether oxygens (including phenoxy) is 1. The number of carbonyl (C=O) groups excluding carboxylic acids is 1. The molecule has 2 heterocycles. The highest BCUT2D eigenvalue weighted by Crippen LogP contribution is 2.21. The molecule has 1 atom stereocenters. The lowest BCUT2D eigenvalue weighted by Gasteiger charge is -2.32. The lowest BCUT2D eigenvalue weighted by molar-refractivity contribution is -0.135. The van der Waals surface area contributed by atoms with E-state index in [0.29, 0.717) is 6.54 Å². The van der Waals surface area contributed by atoms with Crippen molar-refractivity contribution in [3.05, 3.63) is 42.0 Å². The Kier molecular flexibility index (Phi) is 4.60. The Labute approximate surface area is 136 Å². The molecule has 0 saturated carbocycles. The molecule has 1 fully saturated rings. The first-order valence-electron chi connectivity index (χ1n) is 7.95. The van der Waals surface area contributed by atoms with E-state index < -0.39 is 0 Å². The minimum atomic E-state index is 0.0213. The van der Waals surface area contributed by atoms with Crippen molar-refractivity contribution in [3.8, 4) is 5.75 Å². The van der Waals surface area contributed by atoms with Crippen molar-refractivity contribution >= 4 is 5.91 Å². The summed E-state index contributed by atoms with van der Waals surface area (Å²) in [6.07, 6.45) is 5.24. The standard InChI is InChI=1S/C17H22N4O2/c1-13-5-6-16(8-14(13)2)23-10-17(22)20-7-3-4-15(9-20)21-12-18-11-19-21/h5-6,8,11-12,15H,3-4,7,9-10H2,1-2H3. The number of likely N-dealkylation sites (tertiary alicyclic amines) is 1. The molecule has 2 aromatic rings. The number of rotatable bonds is 4. The van der Waals surface area contributed by atoms with Crippen LogP contribution in [-0.4, -0.2) is 45.3 Å². The summed E-state index contributed by atoms with van der Waals surface area (Å²) in [5, 5.41) is 4.18. The quantitative estimate of drug-likeness (QED) is 0.867. The number of aromatic nitrogens is 3. The summed E-state index contributed by atoms with van der Waals surface area (Å²) in [7, 11) is 0. The van der Waals surface area contributed by atoms with Crippen LogP contribution >= 0.6 is 0 Å². The number of piperidine rings is 1. The Hall–Kier alpha value is -2.37. The molecule has 6 nitrogen and oxygen atoms in total. The first kappa shape index (κ1) is 15.5. The molecule has 3 rings (SSSR count). The molecule has 1 saturated heterocycles. The smallest absolute Gasteiger partial charge is 0.260 e. The molecule has 0 N–H and O–H groups in total. The maximum absolute atomic E-state index is 12.4. The van der Waals surface area contributed by atoms with Crippen LogP contribution in [0.25, 0.3) is 0 Å². The van der Waals surface area contributed by atoms with E-state index in [1.165, 1.54) is 17.5 Å². The minimum absolute atomic E-state index is 0.0213. The highest BCUT2D eigenvalue weighted by Gasteiger charge is 2.25. The minimum Gasteiger partial charge on any atom is -0.484 e. The Bertz CT molecular complexity index is 669. The van der Waals surface area contributed by atoms with Gasteiger partial charge in [-0.3, -0.25) is 4.79 Å². The fourth-order valence-electron chi connectivity index (χ4n) is 2.84. The summed E-state index contributed by atoms with van der Waals surface area (Å²) < 4.78 is 7.49. The second-order valence-electron chi connectivity index (χ2n) is 6.05. The van der Waals surface area contributed by atoms with Crippen molar-refractivity contribution in [1.82, 2.24) is 19.7 Å². The van der Waals surface area contributed by atoms with Crippen LogP contribution in [0.2, 0.25) is 0 Å². The van der Waals surface area contributed by atoms with Crippen LogP contribution in [0.5, 0.6) is 5.75 Å². The van der Waals surface area contributed by atoms with Gasteiger partial charge in [0.25, 0.3) is 5.91 Å². The second-order valence-corrected chi connectivity index (χ2v) is 6.05. The third-order valence-corrected chi connectivity index (χ3v) is 4.40. The van der Waals surface area contributed by atoms with Gasteiger partial charge in [-0.2, -0.15) is 5.10 Å². The van der Waals surface area contributed by atoms with Crippen molar-refractivity contribution in [3.63, 3.8) is 0 Å². The zero-order chi connectivity index (χ0) is 16.2. The van der Waals surface area contributed by atoms with Crippen molar-refractivity contribution in [2.45, 2.75) is 32.7 Å². The normalized spacial score (nSPS) is 18.0. The molecule has 0 bridgehead atoms. The van der Waals surface area contributed by atoms with E-state index in [-0.39, 0.29) is 18.6 Å². The van der Waals surface area contributed by atoms with Gasteiger partial charge in [-0.15, -0.1) is 0 Å². The number of benzene rings is 1. The van der Waals surface area contributed by atoms with Crippen LogP contribution < -0.4 is 4.74 Å². The van der Waals surface area contributed by atoms with Crippen LogP contribution in [0, 0.1) is 13.8 Å². The molecule has 1 aromatic heterocycles. The van der Waals surface area contributed by atoms with Gasteiger partial charge in [0.2, 0.25) is 0 Å². The Morgan fingerprint density at radius 3 is 2.96 bits per heavy atom. The third-order valence-electron chi connectivity index (χ3n) is 4.40. The molecule has 1 aliphatic heterocycles. The molecule has 122 valence electrons. The fraction of sp³-hybridized carbons (Fsp3) is 0.471. The number of hydrogen-bond acceptors (Lipinski definition) is 4. The maximum Gasteiger partial charge on any atom is 0.260 e. The lowest BCUT2D eigenvalue weighted by Crippen LogP contribution is -2.43. The fourth-order valence-corrected chi connectivity index (χ4v) is 2.84. The van der Waals surface area contributed by atoms with Gasteiger partial charge in [0, 0.05) is 13.1 Å². The first-order chi connectivity index (χ1) is 11.1. The van der Waals surface area contributed by atoms with E-state index >= 15 is 0 Å². The van der Waals surface area contributed by atoms with Gasteiger partial charge in [-0.1, -0.05) is 6.07 Å². The van der Waals surface area contributed by atoms with Crippen LogP contribution in [0.15, 0.2) is 30.9 Å². The van der Waals surface area contributed by atoms with Crippen molar-refractivity contribution in [2.24, 2.45) is 0 Å². The molecular weight excluding hydrogens is 292 g/mol. The van der Waals surface area contributed by atoms with Gasteiger partial charge in [0.1, 0.15) is 18.4 Å². The monoisotopic (exact) mass is 314 g/mol. The second kappa shape index (κ2) is 6.81. The number of amides is 1. The average Bonchev–Trinajstić information content (AvgIpc) is 3.10. The van der Waals surface area contributed by atoms with E-state index in [1.807, 2.05) is 34.7 Å². The van der Waals surface area contributed by atoms with Crippen molar-refractivity contribution in [1.29, 1.82) is 0 Å². The zero-order valence-corrected chi connectivity index (χ0v) is 13.6. The molecular formula is C17H22N4O2. The van der Waals surface area contributed by atoms with Gasteiger partial charge in [-0.05, 0) is 49.9 Å². The van der Waals surface area contributed by atoms with Gasteiger partial charge < -0.3 is 9.64 Å². The SMILES string of the molecule is Cc1ccc(OCC(=O)N2CCCC(n3cncn3)C2)cc1C. The van der Waals surface area contributed by atoms with E-state index in [2.05, 4.69) is 17.0 Å². The highest BCUT2D eigenvalue weighted by atomic mass is 16.5. The third kappa shape index (κ3) is 3.70. The maximum atomic E-state index is 12.4. The average molecular weight is 314 g/mol. The van der Waals surface area contributed by atoms with Gasteiger partial charge in [0.15, 0.2) is 6.61 Å². The molecule has 1 amide bonds. The summed E-state index contributed by atoms with van der Waals surface area (Å²) in [6, 6.07) is 6.09. The summed E-state index contributed by atoms with van der Waals surface area (Å²) >= 11 is 0. The predicted molar refractivity (Wildman–Crippen MR) is 86.3 cm³/mol. The van der Waals surface area contributed by atoms with E-state index in [9.17, 15) is 4.79 Å².